The van der Waals surface area contributed by atoms with Crippen LogP contribution in [0.3, 0.4) is 0 Å². The second-order valence-corrected chi connectivity index (χ2v) is 5.22. The maximum atomic E-state index is 9.59. The van der Waals surface area contributed by atoms with Crippen LogP contribution < -0.4 is 4.90 Å². The van der Waals surface area contributed by atoms with E-state index >= 15 is 0 Å². The standard InChI is InChI=1S/C11H18N2O2S/c1-7-10(8(2)14)16-11(12-7)13-5-4-9(6-13)15-3/h8-9,14H,4-6H2,1-3H3. The Morgan fingerprint density at radius 1 is 1.62 bits per heavy atom. The average molecular weight is 242 g/mol. The Labute approximate surface area is 99.9 Å². The van der Waals surface area contributed by atoms with Gasteiger partial charge in [-0.25, -0.2) is 4.98 Å². The van der Waals surface area contributed by atoms with Gasteiger partial charge in [0.15, 0.2) is 5.13 Å². The molecule has 0 radical (unpaired) electrons. The highest BCUT2D eigenvalue weighted by atomic mass is 32.1. The van der Waals surface area contributed by atoms with Gasteiger partial charge in [0, 0.05) is 20.2 Å². The van der Waals surface area contributed by atoms with Crippen LogP contribution in [0.4, 0.5) is 5.13 Å². The first-order valence-electron chi connectivity index (χ1n) is 5.55. The molecule has 1 aliphatic heterocycles. The summed E-state index contributed by atoms with van der Waals surface area (Å²) in [5, 5.41) is 10.6. The van der Waals surface area contributed by atoms with Crippen molar-refractivity contribution in [1.29, 1.82) is 0 Å². The highest BCUT2D eigenvalue weighted by Crippen LogP contribution is 2.32. The normalized spacial score (nSPS) is 22.8. The molecule has 2 heterocycles. The van der Waals surface area contributed by atoms with E-state index in [0.29, 0.717) is 6.10 Å². The summed E-state index contributed by atoms with van der Waals surface area (Å²) in [5.74, 6) is 0. The van der Waals surface area contributed by atoms with Gasteiger partial charge in [0.05, 0.1) is 22.8 Å². The van der Waals surface area contributed by atoms with Crippen LogP contribution in [0.25, 0.3) is 0 Å². The molecule has 1 aromatic rings. The van der Waals surface area contributed by atoms with Crippen molar-refractivity contribution in [2.45, 2.75) is 32.5 Å². The van der Waals surface area contributed by atoms with Gasteiger partial charge in [-0.05, 0) is 20.3 Å². The third-order valence-electron chi connectivity index (χ3n) is 2.95. The van der Waals surface area contributed by atoms with Crippen LogP contribution >= 0.6 is 11.3 Å². The number of methoxy groups -OCH3 is 1. The van der Waals surface area contributed by atoms with Crippen LogP contribution in [0.1, 0.15) is 30.0 Å². The van der Waals surface area contributed by atoms with Gasteiger partial charge in [-0.15, -0.1) is 0 Å². The largest absolute Gasteiger partial charge is 0.388 e. The third-order valence-corrected chi connectivity index (χ3v) is 4.34. The molecule has 16 heavy (non-hydrogen) atoms. The molecule has 0 aliphatic carbocycles. The van der Waals surface area contributed by atoms with Crippen LogP contribution in [-0.4, -0.2) is 36.4 Å². The minimum absolute atomic E-state index is 0.319. The van der Waals surface area contributed by atoms with E-state index in [9.17, 15) is 5.11 Å². The number of ether oxygens (including phenoxy) is 1. The van der Waals surface area contributed by atoms with Gasteiger partial charge < -0.3 is 14.7 Å². The number of thiazole rings is 1. The van der Waals surface area contributed by atoms with Gasteiger partial charge in [0.1, 0.15) is 0 Å². The van der Waals surface area contributed by atoms with Gasteiger partial charge in [0.25, 0.3) is 0 Å². The number of nitrogens with zero attached hydrogens (tertiary/aromatic N) is 2. The van der Waals surface area contributed by atoms with E-state index in [1.54, 1.807) is 25.4 Å². The highest BCUT2D eigenvalue weighted by Gasteiger charge is 2.25. The third kappa shape index (κ3) is 2.21. The first-order valence-corrected chi connectivity index (χ1v) is 6.36. The Balaban J connectivity index is 2.13. The number of aromatic nitrogens is 1. The van der Waals surface area contributed by atoms with Gasteiger partial charge in [-0.2, -0.15) is 0 Å². The predicted molar refractivity (Wildman–Crippen MR) is 65.1 cm³/mol. The topological polar surface area (TPSA) is 45.6 Å². The van der Waals surface area contributed by atoms with E-state index < -0.39 is 6.10 Å². The van der Waals surface area contributed by atoms with Gasteiger partial charge in [-0.1, -0.05) is 11.3 Å². The van der Waals surface area contributed by atoms with Crippen molar-refractivity contribution in [2.75, 3.05) is 25.1 Å². The molecule has 90 valence electrons. The lowest BCUT2D eigenvalue weighted by Crippen LogP contribution is -2.21. The monoisotopic (exact) mass is 242 g/mol. The Bertz CT molecular complexity index is 365. The first-order chi connectivity index (χ1) is 7.61. The van der Waals surface area contributed by atoms with Crippen molar-refractivity contribution in [3.8, 4) is 0 Å². The second kappa shape index (κ2) is 4.69. The molecule has 2 unspecified atom stereocenters. The summed E-state index contributed by atoms with van der Waals surface area (Å²) in [7, 11) is 1.75. The van der Waals surface area contributed by atoms with Gasteiger partial charge in [0.2, 0.25) is 0 Å². The summed E-state index contributed by atoms with van der Waals surface area (Å²) < 4.78 is 5.33. The average Bonchev–Trinajstić information content (AvgIpc) is 2.83. The molecule has 1 aromatic heterocycles. The van der Waals surface area contributed by atoms with E-state index in [4.69, 9.17) is 4.74 Å². The molecule has 0 saturated carbocycles. The molecule has 4 nitrogen and oxygen atoms in total. The van der Waals surface area contributed by atoms with Crippen molar-refractivity contribution in [3.05, 3.63) is 10.6 Å². The molecule has 1 saturated heterocycles. The van der Waals surface area contributed by atoms with Crippen LogP contribution in [-0.2, 0) is 4.74 Å². The zero-order valence-corrected chi connectivity index (χ0v) is 10.8. The van der Waals surface area contributed by atoms with Gasteiger partial charge >= 0.3 is 0 Å². The molecule has 0 bridgehead atoms. The Morgan fingerprint density at radius 2 is 2.38 bits per heavy atom. The quantitative estimate of drug-likeness (QED) is 0.877. The summed E-state index contributed by atoms with van der Waals surface area (Å²) >= 11 is 1.59. The molecule has 0 amide bonds. The predicted octanol–water partition coefficient (Wildman–Crippen LogP) is 1.73. The molecular formula is C11H18N2O2S. The van der Waals surface area contributed by atoms with Crippen molar-refractivity contribution in [3.63, 3.8) is 0 Å². The molecule has 1 aliphatic rings. The Hall–Kier alpha value is -0.650. The SMILES string of the molecule is COC1CCN(c2nc(C)c(C(C)O)s2)C1. The lowest BCUT2D eigenvalue weighted by molar-refractivity contribution is 0.121. The summed E-state index contributed by atoms with van der Waals surface area (Å²) in [6.45, 7) is 5.63. The molecular weight excluding hydrogens is 224 g/mol. The van der Waals surface area contributed by atoms with Crippen molar-refractivity contribution >= 4 is 16.5 Å². The van der Waals surface area contributed by atoms with Crippen LogP contribution in [0.5, 0.6) is 0 Å². The van der Waals surface area contributed by atoms with E-state index in [1.165, 1.54) is 0 Å². The molecule has 1 fully saturated rings. The maximum absolute atomic E-state index is 9.59. The summed E-state index contributed by atoms with van der Waals surface area (Å²) in [4.78, 5) is 7.71. The highest BCUT2D eigenvalue weighted by molar-refractivity contribution is 7.15. The molecule has 2 atom stereocenters. The van der Waals surface area contributed by atoms with Crippen molar-refractivity contribution in [1.82, 2.24) is 4.98 Å². The van der Waals surface area contributed by atoms with Crippen LogP contribution in [0.15, 0.2) is 0 Å². The van der Waals surface area contributed by atoms with E-state index in [1.807, 2.05) is 6.92 Å². The first kappa shape index (κ1) is 11.8. The minimum atomic E-state index is -0.424. The van der Waals surface area contributed by atoms with Crippen molar-refractivity contribution < 1.29 is 9.84 Å². The van der Waals surface area contributed by atoms with Crippen molar-refractivity contribution in [2.24, 2.45) is 0 Å². The summed E-state index contributed by atoms with van der Waals surface area (Å²) in [5.41, 5.74) is 0.941. The van der Waals surface area contributed by atoms with E-state index in [0.717, 1.165) is 35.2 Å². The molecule has 5 heteroatoms. The summed E-state index contributed by atoms with van der Waals surface area (Å²) in [6.07, 6.45) is 0.949. The second-order valence-electron chi connectivity index (χ2n) is 4.21. The number of rotatable bonds is 3. The van der Waals surface area contributed by atoms with E-state index in [2.05, 4.69) is 9.88 Å². The zero-order chi connectivity index (χ0) is 11.7. The Kier molecular flexibility index (Phi) is 3.47. The minimum Gasteiger partial charge on any atom is -0.388 e. The smallest absolute Gasteiger partial charge is 0.185 e. The number of aliphatic hydroxyl groups is 1. The molecule has 0 spiro atoms. The molecule has 2 rings (SSSR count). The molecule has 1 N–H and O–H groups in total. The lowest BCUT2D eigenvalue weighted by atomic mass is 10.3. The Morgan fingerprint density at radius 3 is 2.88 bits per heavy atom. The number of hydrogen-bond acceptors (Lipinski definition) is 5. The fourth-order valence-corrected chi connectivity index (χ4v) is 3.05. The van der Waals surface area contributed by atoms with E-state index in [-0.39, 0.29) is 0 Å². The van der Waals surface area contributed by atoms with Crippen LogP contribution in [0, 0.1) is 6.92 Å². The maximum Gasteiger partial charge on any atom is 0.185 e. The van der Waals surface area contributed by atoms with Gasteiger partial charge in [-0.3, -0.25) is 0 Å². The number of aliphatic hydroxyl groups excluding tert-OH is 1. The molecule has 0 aromatic carbocycles. The zero-order valence-electron chi connectivity index (χ0n) is 9.93. The van der Waals surface area contributed by atoms with Crippen LogP contribution in [0.2, 0.25) is 0 Å². The number of hydrogen-bond donors (Lipinski definition) is 1. The summed E-state index contributed by atoms with van der Waals surface area (Å²) in [6, 6.07) is 0. The number of aryl methyl sites for hydroxylation is 1. The lowest BCUT2D eigenvalue weighted by Gasteiger charge is -2.13. The number of anilines is 1. The fourth-order valence-electron chi connectivity index (χ4n) is 2.01. The fraction of sp³-hybridized carbons (Fsp3) is 0.727.